The first-order valence-corrected chi connectivity index (χ1v) is 8.16. The molecular formula is C20H18O5. The van der Waals surface area contributed by atoms with Gasteiger partial charge >= 0.3 is 11.9 Å². The number of carboxylic acids is 2. The zero-order valence-electron chi connectivity index (χ0n) is 14.0. The maximum Gasteiger partial charge on any atom is 0.330 e. The van der Waals surface area contributed by atoms with Gasteiger partial charge in [-0.05, 0) is 52.3 Å². The van der Waals surface area contributed by atoms with Crippen LogP contribution in [-0.2, 0) is 27.8 Å². The zero-order chi connectivity index (χ0) is 18.4. The monoisotopic (exact) mass is 338 g/mol. The molecule has 2 aromatic rings. The lowest BCUT2D eigenvalue weighted by atomic mass is 9.74. The molecule has 5 nitrogen and oxygen atoms in total. The molecule has 0 saturated carbocycles. The minimum absolute atomic E-state index is 0.241. The van der Waals surface area contributed by atoms with Gasteiger partial charge in [0.15, 0.2) is 0 Å². The number of hydrogen-bond donors (Lipinski definition) is 2. The fourth-order valence-corrected chi connectivity index (χ4v) is 4.07. The number of hydrogen-bond acceptors (Lipinski definition) is 3. The standard InChI is InChI=1S/C20H18O5/c1-3-12-11(10-21)9-15-14-7-5-6-8-16(14)20(18(22)23,19(24)25)17(15)13(12)4-2/h5-10H,3-4H2,1-2H3,(H,22,23)(H,24,25). The van der Waals surface area contributed by atoms with E-state index >= 15 is 0 Å². The Morgan fingerprint density at radius 1 is 1.00 bits per heavy atom. The molecule has 5 heteroatoms. The summed E-state index contributed by atoms with van der Waals surface area (Å²) >= 11 is 0. The summed E-state index contributed by atoms with van der Waals surface area (Å²) in [6, 6.07) is 8.26. The number of fused-ring (bicyclic) bond motifs is 3. The average molecular weight is 338 g/mol. The van der Waals surface area contributed by atoms with Crippen molar-refractivity contribution in [3.05, 3.63) is 58.1 Å². The number of rotatable bonds is 5. The molecule has 0 unspecified atom stereocenters. The van der Waals surface area contributed by atoms with Gasteiger partial charge < -0.3 is 10.2 Å². The van der Waals surface area contributed by atoms with Gasteiger partial charge in [0.05, 0.1) is 0 Å². The Kier molecular flexibility index (Phi) is 3.95. The van der Waals surface area contributed by atoms with Gasteiger partial charge in [-0.3, -0.25) is 14.4 Å². The SMILES string of the molecule is CCc1c(C=O)cc2c(c1CC)C(C(=O)O)(C(=O)O)c1ccccc1-2. The summed E-state index contributed by atoms with van der Waals surface area (Å²) in [5.41, 5.74) is 1.31. The summed E-state index contributed by atoms with van der Waals surface area (Å²) in [7, 11) is 0. The molecule has 2 N–H and O–H groups in total. The van der Waals surface area contributed by atoms with Crippen molar-refractivity contribution in [2.24, 2.45) is 0 Å². The van der Waals surface area contributed by atoms with E-state index in [2.05, 4.69) is 0 Å². The van der Waals surface area contributed by atoms with Crippen molar-refractivity contribution in [3.63, 3.8) is 0 Å². The van der Waals surface area contributed by atoms with Crippen molar-refractivity contribution < 1.29 is 24.6 Å². The summed E-state index contributed by atoms with van der Waals surface area (Å²) in [6.07, 6.45) is 1.72. The van der Waals surface area contributed by atoms with E-state index in [1.54, 1.807) is 30.3 Å². The van der Waals surface area contributed by atoms with Crippen LogP contribution in [0.4, 0.5) is 0 Å². The lowest BCUT2D eigenvalue weighted by Crippen LogP contribution is -2.44. The van der Waals surface area contributed by atoms with Crippen LogP contribution < -0.4 is 0 Å². The van der Waals surface area contributed by atoms with Gasteiger partial charge in [0, 0.05) is 5.56 Å². The first kappa shape index (κ1) is 16.9. The van der Waals surface area contributed by atoms with Crippen molar-refractivity contribution in [1.82, 2.24) is 0 Å². The first-order chi connectivity index (χ1) is 11.9. The van der Waals surface area contributed by atoms with Crippen LogP contribution in [0.15, 0.2) is 30.3 Å². The van der Waals surface area contributed by atoms with Gasteiger partial charge in [-0.2, -0.15) is 0 Å². The molecule has 1 aliphatic rings. The van der Waals surface area contributed by atoms with Crippen LogP contribution in [0.5, 0.6) is 0 Å². The van der Waals surface area contributed by atoms with Gasteiger partial charge in [-0.1, -0.05) is 38.1 Å². The summed E-state index contributed by atoms with van der Waals surface area (Å²) < 4.78 is 0. The fraction of sp³-hybridized carbons (Fsp3) is 0.250. The maximum atomic E-state index is 12.3. The predicted molar refractivity (Wildman–Crippen MR) is 92.1 cm³/mol. The Balaban J connectivity index is 2.59. The summed E-state index contributed by atoms with van der Waals surface area (Å²) in [6.45, 7) is 3.72. The van der Waals surface area contributed by atoms with E-state index in [-0.39, 0.29) is 5.56 Å². The molecule has 3 rings (SSSR count). The molecule has 2 aromatic carbocycles. The van der Waals surface area contributed by atoms with E-state index < -0.39 is 17.4 Å². The van der Waals surface area contributed by atoms with Crippen LogP contribution in [0.2, 0.25) is 0 Å². The second kappa shape index (κ2) is 5.84. The minimum Gasteiger partial charge on any atom is -0.480 e. The second-order valence-electron chi connectivity index (χ2n) is 6.08. The van der Waals surface area contributed by atoms with Gasteiger partial charge in [0.2, 0.25) is 5.41 Å². The molecular weight excluding hydrogens is 320 g/mol. The summed E-state index contributed by atoms with van der Waals surface area (Å²) in [5, 5.41) is 20.0. The van der Waals surface area contributed by atoms with E-state index in [9.17, 15) is 24.6 Å². The largest absolute Gasteiger partial charge is 0.480 e. The molecule has 0 bridgehead atoms. The Hall–Kier alpha value is -2.95. The molecule has 0 amide bonds. The van der Waals surface area contributed by atoms with Gasteiger partial charge in [0.25, 0.3) is 0 Å². The molecule has 0 radical (unpaired) electrons. The topological polar surface area (TPSA) is 91.7 Å². The zero-order valence-corrected chi connectivity index (χ0v) is 14.0. The first-order valence-electron chi connectivity index (χ1n) is 8.16. The van der Waals surface area contributed by atoms with E-state index in [1.165, 1.54) is 0 Å². The minimum atomic E-state index is -2.15. The van der Waals surface area contributed by atoms with Gasteiger partial charge in [-0.25, -0.2) is 0 Å². The van der Waals surface area contributed by atoms with Crippen molar-refractivity contribution in [1.29, 1.82) is 0 Å². The van der Waals surface area contributed by atoms with Crippen molar-refractivity contribution in [2.75, 3.05) is 0 Å². The highest BCUT2D eigenvalue weighted by atomic mass is 16.4. The van der Waals surface area contributed by atoms with Crippen LogP contribution in [-0.4, -0.2) is 28.4 Å². The fourth-order valence-electron chi connectivity index (χ4n) is 4.07. The molecule has 0 aromatic heterocycles. The van der Waals surface area contributed by atoms with Gasteiger partial charge in [0.1, 0.15) is 6.29 Å². The van der Waals surface area contributed by atoms with Gasteiger partial charge in [-0.15, -0.1) is 0 Å². The number of aldehydes is 1. The number of carboxylic acid groups (broad SMARTS) is 2. The molecule has 0 spiro atoms. The number of aliphatic carboxylic acids is 2. The van der Waals surface area contributed by atoms with E-state index in [4.69, 9.17) is 0 Å². The summed E-state index contributed by atoms with van der Waals surface area (Å²) in [4.78, 5) is 36.1. The number of benzene rings is 2. The normalized spacial score (nSPS) is 13.8. The second-order valence-corrected chi connectivity index (χ2v) is 6.08. The molecule has 128 valence electrons. The number of carbonyl (C=O) groups is 3. The number of carbonyl (C=O) groups excluding carboxylic acids is 1. The van der Waals surface area contributed by atoms with Crippen LogP contribution in [0, 0.1) is 0 Å². The molecule has 0 fully saturated rings. The predicted octanol–water partition coefficient (Wildman–Crippen LogP) is 3.06. The lowest BCUT2D eigenvalue weighted by molar-refractivity contribution is -0.155. The molecule has 25 heavy (non-hydrogen) atoms. The highest BCUT2D eigenvalue weighted by Crippen LogP contribution is 2.52. The third kappa shape index (κ3) is 1.98. The maximum absolute atomic E-state index is 12.3. The average Bonchev–Trinajstić information content (AvgIpc) is 2.91. The van der Waals surface area contributed by atoms with Crippen molar-refractivity contribution in [3.8, 4) is 11.1 Å². The Morgan fingerprint density at radius 2 is 1.60 bits per heavy atom. The smallest absolute Gasteiger partial charge is 0.330 e. The van der Waals surface area contributed by atoms with Crippen LogP contribution >= 0.6 is 0 Å². The highest BCUT2D eigenvalue weighted by Gasteiger charge is 2.57. The Morgan fingerprint density at radius 3 is 2.12 bits per heavy atom. The van der Waals surface area contributed by atoms with Crippen LogP contribution in [0.1, 0.15) is 46.5 Å². The highest BCUT2D eigenvalue weighted by molar-refractivity contribution is 6.15. The third-order valence-corrected chi connectivity index (χ3v) is 5.06. The Labute approximate surface area is 144 Å². The summed E-state index contributed by atoms with van der Waals surface area (Å²) in [5.74, 6) is -2.83. The molecule has 0 heterocycles. The van der Waals surface area contributed by atoms with E-state index in [1.807, 2.05) is 13.8 Å². The Bertz CT molecular complexity index is 897. The molecule has 0 aliphatic heterocycles. The molecule has 0 atom stereocenters. The van der Waals surface area contributed by atoms with Crippen LogP contribution in [0.25, 0.3) is 11.1 Å². The van der Waals surface area contributed by atoms with E-state index in [0.717, 1.165) is 11.8 Å². The van der Waals surface area contributed by atoms with E-state index in [0.29, 0.717) is 40.7 Å². The lowest BCUT2D eigenvalue weighted by Gasteiger charge is -2.26. The third-order valence-electron chi connectivity index (χ3n) is 5.06. The molecule has 0 saturated heterocycles. The van der Waals surface area contributed by atoms with Crippen molar-refractivity contribution in [2.45, 2.75) is 32.1 Å². The van der Waals surface area contributed by atoms with Crippen LogP contribution in [0.3, 0.4) is 0 Å². The molecule has 1 aliphatic carbocycles. The van der Waals surface area contributed by atoms with Crippen molar-refractivity contribution >= 4 is 18.2 Å². The quantitative estimate of drug-likeness (QED) is 0.646.